The lowest BCUT2D eigenvalue weighted by Crippen LogP contribution is -2.27. The summed E-state index contributed by atoms with van der Waals surface area (Å²) < 4.78 is 6.67. The molecule has 174 valence electrons. The first kappa shape index (κ1) is 22.8. The van der Waals surface area contributed by atoms with Crippen LogP contribution in [-0.2, 0) is 4.74 Å². The summed E-state index contributed by atoms with van der Waals surface area (Å²) >= 11 is 0. The van der Waals surface area contributed by atoms with Crippen molar-refractivity contribution in [1.29, 1.82) is 0 Å². The van der Waals surface area contributed by atoms with E-state index in [9.17, 15) is 14.7 Å². The quantitative estimate of drug-likeness (QED) is 0.549. The van der Waals surface area contributed by atoms with Crippen LogP contribution in [0.2, 0.25) is 0 Å². The maximum Gasteiger partial charge on any atom is 0.340 e. The molecule has 0 bridgehead atoms. The molecule has 0 saturated heterocycles. The first-order valence-electron chi connectivity index (χ1n) is 10.6. The van der Waals surface area contributed by atoms with E-state index in [1.54, 1.807) is 23.7 Å². The first-order valence-corrected chi connectivity index (χ1v) is 10.6. The van der Waals surface area contributed by atoms with Gasteiger partial charge in [0.15, 0.2) is 5.82 Å². The van der Waals surface area contributed by atoms with Crippen molar-refractivity contribution >= 4 is 29.0 Å². The first-order chi connectivity index (χ1) is 16.1. The summed E-state index contributed by atoms with van der Waals surface area (Å²) in [7, 11) is 0. The molecule has 34 heavy (non-hydrogen) atoms. The number of nitrogens with zero attached hydrogens (tertiary/aromatic N) is 5. The standard InChI is InChI=1S/C24H23N5O5/c1-5-34-23(33)16-12-15(30)10-11-17(16)25-18-19(24(2,3)4)28-29-20(26-27-21(18)29)13-6-8-14(9-7-13)22(31)32/h6-12,30H,5H2,1-4H3,(H,31,32). The Morgan fingerprint density at radius 1 is 1.06 bits per heavy atom. The molecule has 0 atom stereocenters. The van der Waals surface area contributed by atoms with Gasteiger partial charge in [-0.15, -0.1) is 10.2 Å². The molecule has 0 saturated carbocycles. The summed E-state index contributed by atoms with van der Waals surface area (Å²) in [5, 5.41) is 32.3. The number of aromatic nitrogens is 3. The van der Waals surface area contributed by atoms with Crippen LogP contribution in [0, 0.1) is 5.41 Å². The van der Waals surface area contributed by atoms with Crippen molar-refractivity contribution in [2.75, 3.05) is 6.61 Å². The van der Waals surface area contributed by atoms with Crippen molar-refractivity contribution in [1.82, 2.24) is 14.9 Å². The van der Waals surface area contributed by atoms with Crippen LogP contribution in [0.1, 0.15) is 54.2 Å². The van der Waals surface area contributed by atoms with E-state index in [0.717, 1.165) is 0 Å². The number of phenols is 1. The smallest absolute Gasteiger partial charge is 0.340 e. The highest BCUT2D eigenvalue weighted by Gasteiger charge is 2.35. The topological polar surface area (TPSA) is 139 Å². The van der Waals surface area contributed by atoms with Crippen LogP contribution >= 0.6 is 0 Å². The Morgan fingerprint density at radius 2 is 1.74 bits per heavy atom. The molecule has 0 amide bonds. The van der Waals surface area contributed by atoms with Gasteiger partial charge in [0.25, 0.3) is 0 Å². The predicted octanol–water partition coefficient (Wildman–Crippen LogP) is 3.91. The van der Waals surface area contributed by atoms with Crippen molar-refractivity contribution in [3.8, 4) is 17.1 Å². The van der Waals surface area contributed by atoms with Crippen LogP contribution in [-0.4, -0.2) is 55.1 Å². The number of carboxylic acids is 1. The van der Waals surface area contributed by atoms with Crippen LogP contribution in [0.25, 0.3) is 11.4 Å². The van der Waals surface area contributed by atoms with Gasteiger partial charge in [0.05, 0.1) is 29.1 Å². The number of carbonyl (C=O) groups is 2. The summed E-state index contributed by atoms with van der Waals surface area (Å²) in [4.78, 5) is 28.4. The van der Waals surface area contributed by atoms with Crippen molar-refractivity contribution < 1.29 is 24.5 Å². The molecule has 10 heteroatoms. The Hall–Kier alpha value is -4.34. The Kier molecular flexibility index (Phi) is 5.74. The Labute approximate surface area is 195 Å². The molecule has 1 aliphatic rings. The lowest BCUT2D eigenvalue weighted by atomic mass is 9.87. The number of aromatic carboxylic acids is 1. The van der Waals surface area contributed by atoms with E-state index in [0.29, 0.717) is 34.3 Å². The molecule has 0 fully saturated rings. The molecular weight excluding hydrogens is 438 g/mol. The predicted molar refractivity (Wildman–Crippen MR) is 125 cm³/mol. The van der Waals surface area contributed by atoms with E-state index in [4.69, 9.17) is 19.9 Å². The number of ether oxygens (including phenoxy) is 1. The van der Waals surface area contributed by atoms with Crippen molar-refractivity contribution in [3.05, 3.63) is 59.4 Å². The molecule has 10 nitrogen and oxygen atoms in total. The molecule has 1 aromatic heterocycles. The minimum Gasteiger partial charge on any atom is -0.508 e. The molecule has 0 unspecified atom stereocenters. The fourth-order valence-electron chi connectivity index (χ4n) is 3.44. The second-order valence-corrected chi connectivity index (χ2v) is 8.62. The minimum absolute atomic E-state index is 0.0848. The third-order valence-corrected chi connectivity index (χ3v) is 5.08. The number of carbonyl (C=O) groups excluding carboxylic acids is 1. The maximum atomic E-state index is 12.5. The number of hydrogen-bond acceptors (Lipinski definition) is 8. The number of phenolic OH excluding ortho intramolecular Hbond substituents is 1. The molecule has 2 N–H and O–H groups in total. The van der Waals surface area contributed by atoms with E-state index >= 15 is 0 Å². The van der Waals surface area contributed by atoms with Crippen LogP contribution < -0.4 is 0 Å². The maximum absolute atomic E-state index is 12.5. The summed E-state index contributed by atoms with van der Waals surface area (Å²) in [5.41, 5.74) is 1.85. The summed E-state index contributed by atoms with van der Waals surface area (Å²) in [6.07, 6.45) is 0. The van der Waals surface area contributed by atoms with Gasteiger partial charge in [-0.05, 0) is 37.3 Å². The molecule has 0 radical (unpaired) electrons. The summed E-state index contributed by atoms with van der Waals surface area (Å²) in [6.45, 7) is 7.81. The van der Waals surface area contributed by atoms with Gasteiger partial charge in [0, 0.05) is 11.0 Å². The third-order valence-electron chi connectivity index (χ3n) is 5.08. The van der Waals surface area contributed by atoms with E-state index in [-0.39, 0.29) is 23.5 Å². The van der Waals surface area contributed by atoms with Crippen molar-refractivity contribution in [2.45, 2.75) is 27.7 Å². The van der Waals surface area contributed by atoms with Gasteiger partial charge in [-0.25, -0.2) is 14.6 Å². The molecule has 3 aromatic rings. The second kappa shape index (κ2) is 8.54. The summed E-state index contributed by atoms with van der Waals surface area (Å²) in [6, 6.07) is 10.5. The number of carboxylic acid groups (broad SMARTS) is 1. The van der Waals surface area contributed by atoms with E-state index in [1.807, 2.05) is 20.8 Å². The third kappa shape index (κ3) is 4.17. The zero-order valence-corrected chi connectivity index (χ0v) is 19.1. The minimum atomic E-state index is -1.02. The zero-order valence-electron chi connectivity index (χ0n) is 19.1. The molecule has 4 rings (SSSR count). The lowest BCUT2D eigenvalue weighted by molar-refractivity contribution is 0.0526. The Bertz CT molecular complexity index is 1350. The van der Waals surface area contributed by atoms with Gasteiger partial charge in [0.1, 0.15) is 11.5 Å². The van der Waals surface area contributed by atoms with Crippen LogP contribution in [0.5, 0.6) is 5.75 Å². The number of rotatable bonds is 5. The van der Waals surface area contributed by atoms with E-state index < -0.39 is 17.4 Å². The fourth-order valence-corrected chi connectivity index (χ4v) is 3.44. The average Bonchev–Trinajstić information content (AvgIpc) is 3.35. The highest BCUT2D eigenvalue weighted by molar-refractivity contribution is 6.50. The van der Waals surface area contributed by atoms with Gasteiger partial charge in [0.2, 0.25) is 5.82 Å². The Morgan fingerprint density at radius 3 is 2.35 bits per heavy atom. The zero-order chi connectivity index (χ0) is 24.6. The average molecular weight is 461 g/mol. The lowest BCUT2D eigenvalue weighted by Gasteiger charge is -2.18. The van der Waals surface area contributed by atoms with Crippen molar-refractivity contribution in [3.63, 3.8) is 0 Å². The van der Waals surface area contributed by atoms with Gasteiger partial charge < -0.3 is 14.9 Å². The number of fused-ring (bicyclic) bond motifs is 1. The number of aromatic hydroxyl groups is 1. The van der Waals surface area contributed by atoms with Gasteiger partial charge >= 0.3 is 11.9 Å². The molecule has 0 spiro atoms. The number of hydrogen-bond donors (Lipinski definition) is 2. The number of aliphatic imine (C=N–C) groups is 1. The van der Waals surface area contributed by atoms with Crippen LogP contribution in [0.4, 0.5) is 5.69 Å². The van der Waals surface area contributed by atoms with E-state index in [1.165, 1.54) is 30.3 Å². The van der Waals surface area contributed by atoms with E-state index in [2.05, 4.69) is 10.2 Å². The molecule has 2 aromatic carbocycles. The van der Waals surface area contributed by atoms with Gasteiger partial charge in [-0.3, -0.25) is 0 Å². The monoisotopic (exact) mass is 461 g/mol. The highest BCUT2D eigenvalue weighted by atomic mass is 16.5. The van der Waals surface area contributed by atoms with Crippen LogP contribution in [0.15, 0.2) is 52.6 Å². The SMILES string of the molecule is CCOC(=O)c1cc(O)ccc1N=C1C(C(C)(C)C)=Nn2c1nnc2-c1ccc(C(=O)O)cc1. The molecule has 2 heterocycles. The van der Waals surface area contributed by atoms with Crippen molar-refractivity contribution in [2.24, 2.45) is 15.5 Å². The Balaban J connectivity index is 1.85. The summed E-state index contributed by atoms with van der Waals surface area (Å²) in [5.74, 6) is -0.906. The highest BCUT2D eigenvalue weighted by Crippen LogP contribution is 2.32. The number of benzene rings is 2. The largest absolute Gasteiger partial charge is 0.508 e. The number of esters is 1. The van der Waals surface area contributed by atoms with Crippen LogP contribution in [0.3, 0.4) is 0 Å². The second-order valence-electron chi connectivity index (χ2n) is 8.62. The molecule has 1 aliphatic heterocycles. The molecule has 0 aliphatic carbocycles. The van der Waals surface area contributed by atoms with Gasteiger partial charge in [-0.2, -0.15) is 9.78 Å². The fraction of sp³-hybridized carbons (Fsp3) is 0.250. The normalized spacial score (nSPS) is 14.1. The van der Waals surface area contributed by atoms with Gasteiger partial charge in [-0.1, -0.05) is 32.9 Å². The molecular formula is C24H23N5O5.